The number of benzene rings is 1. The van der Waals surface area contributed by atoms with Gasteiger partial charge in [0, 0.05) is 10.4 Å². The summed E-state index contributed by atoms with van der Waals surface area (Å²) in [6.45, 7) is 1.78. The van der Waals surface area contributed by atoms with Crippen LogP contribution in [0.4, 0.5) is 6.01 Å². The molecule has 1 atom stereocenters. The third kappa shape index (κ3) is 4.54. The minimum Gasteiger partial charge on any atom is -0.451 e. The Morgan fingerprint density at radius 1 is 1.28 bits per heavy atom. The van der Waals surface area contributed by atoms with Crippen molar-refractivity contribution in [1.82, 2.24) is 10.2 Å². The van der Waals surface area contributed by atoms with Crippen LogP contribution in [0.15, 0.2) is 40.8 Å². The molecule has 0 radical (unpaired) electrons. The number of amides is 1. The largest absolute Gasteiger partial charge is 0.451 e. The first kappa shape index (κ1) is 19.3. The molecule has 2 heterocycles. The summed E-state index contributed by atoms with van der Waals surface area (Å²) in [5.74, 6) is -0.0357. The highest BCUT2D eigenvalue weighted by atomic mass is 32.1. The molecule has 3 aromatic rings. The molecule has 0 fully saturated rings. The molecule has 150 valence electrons. The first-order valence-electron chi connectivity index (χ1n) is 9.60. The molecule has 1 aliphatic carbocycles. The Balaban J connectivity index is 1.30. The van der Waals surface area contributed by atoms with Crippen molar-refractivity contribution < 1.29 is 18.7 Å². The smallest absolute Gasteiger partial charge is 0.348 e. The zero-order valence-corrected chi connectivity index (χ0v) is 16.8. The van der Waals surface area contributed by atoms with Gasteiger partial charge < -0.3 is 9.15 Å². The van der Waals surface area contributed by atoms with Crippen LogP contribution >= 0.6 is 11.3 Å². The predicted molar refractivity (Wildman–Crippen MR) is 109 cm³/mol. The topological polar surface area (TPSA) is 94.3 Å². The van der Waals surface area contributed by atoms with Crippen molar-refractivity contribution in [2.45, 2.75) is 32.6 Å². The third-order valence-electron chi connectivity index (χ3n) is 4.99. The number of thiophene rings is 1. The first-order valence-corrected chi connectivity index (χ1v) is 10.4. The highest BCUT2D eigenvalue weighted by Gasteiger charge is 2.23. The van der Waals surface area contributed by atoms with E-state index in [1.54, 1.807) is 0 Å². The molecule has 29 heavy (non-hydrogen) atoms. The molecule has 0 bridgehead atoms. The number of fused-ring (bicyclic) bond motifs is 1. The van der Waals surface area contributed by atoms with Gasteiger partial charge in [0.05, 0.1) is 0 Å². The van der Waals surface area contributed by atoms with E-state index in [0.717, 1.165) is 31.2 Å². The summed E-state index contributed by atoms with van der Waals surface area (Å²) >= 11 is 1.47. The molecule has 0 aliphatic heterocycles. The Labute approximate surface area is 172 Å². The number of hydrogen-bond acceptors (Lipinski definition) is 7. The molecule has 7 nitrogen and oxygen atoms in total. The second kappa shape index (κ2) is 8.57. The lowest BCUT2D eigenvalue weighted by molar-refractivity contribution is -0.119. The van der Waals surface area contributed by atoms with E-state index in [1.165, 1.54) is 21.8 Å². The van der Waals surface area contributed by atoms with Crippen LogP contribution in [-0.4, -0.2) is 28.7 Å². The highest BCUT2D eigenvalue weighted by molar-refractivity contribution is 7.14. The quantitative estimate of drug-likeness (QED) is 0.614. The van der Waals surface area contributed by atoms with Gasteiger partial charge in [-0.1, -0.05) is 36.6 Å². The van der Waals surface area contributed by atoms with E-state index in [9.17, 15) is 9.59 Å². The molecule has 0 saturated heterocycles. The van der Waals surface area contributed by atoms with Crippen LogP contribution in [0, 0.1) is 5.92 Å². The predicted octanol–water partition coefficient (Wildman–Crippen LogP) is 4.11. The Bertz CT molecular complexity index is 1010. The van der Waals surface area contributed by atoms with E-state index in [2.05, 4.69) is 22.4 Å². The average molecular weight is 411 g/mol. The lowest BCUT2D eigenvalue weighted by atomic mass is 9.87. The first-order chi connectivity index (χ1) is 14.1. The van der Waals surface area contributed by atoms with Gasteiger partial charge in [-0.3, -0.25) is 10.1 Å². The van der Waals surface area contributed by atoms with Gasteiger partial charge in [-0.15, -0.1) is 16.4 Å². The van der Waals surface area contributed by atoms with Gasteiger partial charge in [0.15, 0.2) is 6.61 Å². The molecule has 0 spiro atoms. The van der Waals surface area contributed by atoms with Crippen LogP contribution in [0.5, 0.6) is 0 Å². The fourth-order valence-corrected chi connectivity index (χ4v) is 4.48. The summed E-state index contributed by atoms with van der Waals surface area (Å²) in [6, 6.07) is 11.1. The number of nitrogens with zero attached hydrogens (tertiary/aromatic N) is 2. The molecule has 2 aromatic heterocycles. The van der Waals surface area contributed by atoms with E-state index in [-0.39, 0.29) is 6.01 Å². The molecule has 0 unspecified atom stereocenters. The second-order valence-corrected chi connectivity index (χ2v) is 8.12. The number of hydrogen-bond donors (Lipinski definition) is 1. The zero-order valence-electron chi connectivity index (χ0n) is 16.0. The number of anilines is 1. The summed E-state index contributed by atoms with van der Waals surface area (Å²) in [6.07, 6.45) is 4.33. The van der Waals surface area contributed by atoms with Crippen LogP contribution in [-0.2, 0) is 22.4 Å². The summed E-state index contributed by atoms with van der Waals surface area (Å²) in [4.78, 5) is 26.2. The van der Waals surface area contributed by atoms with Crippen LogP contribution in [0.1, 0.15) is 39.9 Å². The van der Waals surface area contributed by atoms with Gasteiger partial charge in [-0.25, -0.2) is 4.79 Å². The normalized spacial score (nSPS) is 15.6. The summed E-state index contributed by atoms with van der Waals surface area (Å²) in [5.41, 5.74) is 1.99. The van der Waals surface area contributed by atoms with Crippen molar-refractivity contribution in [3.8, 4) is 11.5 Å². The van der Waals surface area contributed by atoms with Crippen molar-refractivity contribution in [3.63, 3.8) is 0 Å². The second-order valence-electron chi connectivity index (χ2n) is 6.98. The maximum absolute atomic E-state index is 12.3. The zero-order chi connectivity index (χ0) is 20.2. The Morgan fingerprint density at radius 3 is 2.90 bits per heavy atom. The highest BCUT2D eigenvalue weighted by Crippen LogP contribution is 2.33. The van der Waals surface area contributed by atoms with Gasteiger partial charge in [0.2, 0.25) is 5.89 Å². The number of nitrogens with one attached hydrogen (secondary N) is 1. The van der Waals surface area contributed by atoms with Crippen molar-refractivity contribution in [2.75, 3.05) is 11.9 Å². The molecule has 1 aromatic carbocycles. The van der Waals surface area contributed by atoms with Crippen molar-refractivity contribution in [1.29, 1.82) is 0 Å². The van der Waals surface area contributed by atoms with Crippen molar-refractivity contribution >= 4 is 29.2 Å². The Morgan fingerprint density at radius 2 is 2.10 bits per heavy atom. The number of esters is 1. The number of carbonyl (C=O) groups excluding carboxylic acids is 2. The van der Waals surface area contributed by atoms with Gasteiger partial charge in [-0.2, -0.15) is 0 Å². The van der Waals surface area contributed by atoms with Crippen LogP contribution in [0.3, 0.4) is 0 Å². The van der Waals surface area contributed by atoms with E-state index in [1.807, 2.05) is 36.4 Å². The van der Waals surface area contributed by atoms with Gasteiger partial charge in [-0.05, 0) is 48.9 Å². The maximum atomic E-state index is 12.3. The molecule has 1 aliphatic rings. The van der Waals surface area contributed by atoms with Crippen molar-refractivity contribution in [2.24, 2.45) is 5.92 Å². The summed E-state index contributed by atoms with van der Waals surface area (Å²) in [5, 5.41) is 10.1. The molecule has 0 saturated carbocycles. The maximum Gasteiger partial charge on any atom is 0.348 e. The molecular weight excluding hydrogens is 390 g/mol. The lowest BCUT2D eigenvalue weighted by Gasteiger charge is -2.19. The van der Waals surface area contributed by atoms with Gasteiger partial charge in [0.25, 0.3) is 5.91 Å². The summed E-state index contributed by atoms with van der Waals surface area (Å²) in [7, 11) is 0. The monoisotopic (exact) mass is 411 g/mol. The number of aromatic nitrogens is 2. The fourth-order valence-electron chi connectivity index (χ4n) is 3.38. The van der Waals surface area contributed by atoms with Crippen LogP contribution in [0.25, 0.3) is 11.5 Å². The average Bonchev–Trinajstić information content (AvgIpc) is 3.39. The number of rotatable bonds is 6. The number of ether oxygens (including phenoxy) is 1. The van der Waals surface area contributed by atoms with Crippen molar-refractivity contribution in [3.05, 3.63) is 51.7 Å². The van der Waals surface area contributed by atoms with Gasteiger partial charge in [0.1, 0.15) is 4.88 Å². The van der Waals surface area contributed by atoms with Crippen LogP contribution < -0.4 is 5.32 Å². The molecular formula is C21H21N3O4S. The fraction of sp³-hybridized carbons (Fsp3) is 0.333. The van der Waals surface area contributed by atoms with E-state index in [4.69, 9.17) is 9.15 Å². The molecule has 1 amide bonds. The Hall–Kier alpha value is -3.00. The third-order valence-corrected chi connectivity index (χ3v) is 6.21. The van der Waals surface area contributed by atoms with Crippen LogP contribution in [0.2, 0.25) is 0 Å². The Kier molecular flexibility index (Phi) is 5.71. The van der Waals surface area contributed by atoms with E-state index < -0.39 is 18.5 Å². The molecule has 1 N–H and O–H groups in total. The van der Waals surface area contributed by atoms with E-state index in [0.29, 0.717) is 16.7 Å². The van der Waals surface area contributed by atoms with E-state index >= 15 is 0 Å². The lowest BCUT2D eigenvalue weighted by Crippen LogP contribution is -2.20. The SMILES string of the molecule is CC[C@H]1CCc2sc(C(=O)OCC(=O)Nc3nnc(-c4ccccc4)o3)cc2C1. The molecule has 8 heteroatoms. The van der Waals surface area contributed by atoms with Gasteiger partial charge >= 0.3 is 12.0 Å². The summed E-state index contributed by atoms with van der Waals surface area (Å²) < 4.78 is 10.6. The number of carbonyl (C=O) groups is 2. The standard InChI is InChI=1S/C21H21N3O4S/c1-2-13-8-9-16-15(10-13)11-17(29-16)20(26)27-12-18(25)22-21-24-23-19(28-21)14-6-4-3-5-7-14/h3-7,11,13H,2,8-10,12H2,1H3,(H,22,24,25)/t13-/m0/s1. The molecule has 4 rings (SSSR count). The minimum absolute atomic E-state index is 0.0397. The minimum atomic E-state index is -0.533. The number of aryl methyl sites for hydroxylation is 1.